The zero-order chi connectivity index (χ0) is 18.6. The summed E-state index contributed by atoms with van der Waals surface area (Å²) >= 11 is 0. The Labute approximate surface area is 144 Å². The van der Waals surface area contributed by atoms with Gasteiger partial charge >= 0.3 is 0 Å². The smallest absolute Gasteiger partial charge is 0.282 e. The van der Waals surface area contributed by atoms with Crippen LogP contribution in [-0.4, -0.2) is 33.0 Å². The van der Waals surface area contributed by atoms with E-state index < -0.39 is 27.9 Å². The lowest BCUT2D eigenvalue weighted by atomic mass is 10.1. The Morgan fingerprint density at radius 1 is 1.24 bits per heavy atom. The molecule has 132 valence electrons. The average Bonchev–Trinajstić information content (AvgIpc) is 2.53. The molecule has 0 spiro atoms. The number of halogens is 1. The summed E-state index contributed by atoms with van der Waals surface area (Å²) in [5, 5.41) is 21.3. The first kappa shape index (κ1) is 18.5. The number of nitro benzene ring substituents is 1. The molecule has 0 atom stereocenters. The summed E-state index contributed by atoms with van der Waals surface area (Å²) in [7, 11) is 0. The lowest BCUT2D eigenvalue weighted by Crippen LogP contribution is -2.42. The van der Waals surface area contributed by atoms with E-state index in [-0.39, 0.29) is 18.7 Å². The molecule has 0 aliphatic rings. The average molecular weight is 346 g/mol. The Morgan fingerprint density at radius 2 is 1.88 bits per heavy atom. The molecule has 0 aliphatic heterocycles. The van der Waals surface area contributed by atoms with Crippen molar-refractivity contribution in [3.05, 3.63) is 75.6 Å². The highest BCUT2D eigenvalue weighted by molar-refractivity contribution is 5.98. The van der Waals surface area contributed by atoms with Crippen LogP contribution in [0.1, 0.15) is 29.8 Å². The van der Waals surface area contributed by atoms with Crippen LogP contribution in [0.3, 0.4) is 0 Å². The van der Waals surface area contributed by atoms with Gasteiger partial charge in [-0.3, -0.25) is 14.9 Å². The van der Waals surface area contributed by atoms with Crippen molar-refractivity contribution in [3.63, 3.8) is 0 Å². The molecule has 0 fully saturated rings. The number of nitro groups is 1. The number of carbonyl (C=O) groups is 1. The number of rotatable bonds is 6. The van der Waals surface area contributed by atoms with Crippen molar-refractivity contribution >= 4 is 11.6 Å². The maximum Gasteiger partial charge on any atom is 0.282 e. The molecule has 7 heteroatoms. The van der Waals surface area contributed by atoms with Crippen LogP contribution in [0, 0.1) is 15.9 Å². The highest BCUT2D eigenvalue weighted by atomic mass is 19.1. The summed E-state index contributed by atoms with van der Waals surface area (Å²) in [5.41, 5.74) is -1.24. The summed E-state index contributed by atoms with van der Waals surface area (Å²) in [6, 6.07) is 11.8. The molecule has 0 saturated carbocycles. The van der Waals surface area contributed by atoms with Gasteiger partial charge in [-0.1, -0.05) is 30.3 Å². The van der Waals surface area contributed by atoms with Gasteiger partial charge in [0.15, 0.2) is 0 Å². The second kappa shape index (κ2) is 7.40. The summed E-state index contributed by atoms with van der Waals surface area (Å²) in [4.78, 5) is 24.6. The number of benzene rings is 2. The minimum atomic E-state index is -1.22. The molecule has 2 aromatic rings. The third kappa shape index (κ3) is 5.09. The molecule has 0 radical (unpaired) electrons. The van der Waals surface area contributed by atoms with Gasteiger partial charge in [0.25, 0.3) is 11.6 Å². The molecule has 0 aliphatic carbocycles. The van der Waals surface area contributed by atoms with Crippen LogP contribution < -0.4 is 0 Å². The third-order valence-electron chi connectivity index (χ3n) is 3.47. The van der Waals surface area contributed by atoms with Crippen molar-refractivity contribution in [3.8, 4) is 0 Å². The van der Waals surface area contributed by atoms with E-state index in [0.29, 0.717) is 0 Å². The standard InChI is InChI=1S/C18H19FN2O4/c1-18(2,23)12-20(11-13-6-4-3-5-7-13)17(22)15-10-14(19)8-9-16(15)21(24)25/h3-10,23H,11-12H2,1-2H3. The fourth-order valence-electron chi connectivity index (χ4n) is 2.48. The lowest BCUT2D eigenvalue weighted by molar-refractivity contribution is -0.385. The van der Waals surface area contributed by atoms with Gasteiger partial charge in [-0.15, -0.1) is 0 Å². The Morgan fingerprint density at radius 3 is 2.44 bits per heavy atom. The van der Waals surface area contributed by atoms with Crippen molar-refractivity contribution in [2.24, 2.45) is 0 Å². The Kier molecular flexibility index (Phi) is 5.48. The number of hydrogen-bond acceptors (Lipinski definition) is 4. The van der Waals surface area contributed by atoms with Gasteiger partial charge in [-0.2, -0.15) is 0 Å². The second-order valence-corrected chi connectivity index (χ2v) is 6.38. The first-order valence-corrected chi connectivity index (χ1v) is 7.67. The molecule has 0 heterocycles. The minimum absolute atomic E-state index is 0.0611. The van der Waals surface area contributed by atoms with Crippen LogP contribution in [0.15, 0.2) is 48.5 Å². The normalized spacial score (nSPS) is 11.2. The largest absolute Gasteiger partial charge is 0.389 e. The molecule has 0 aromatic heterocycles. The van der Waals surface area contributed by atoms with Crippen LogP contribution in [0.4, 0.5) is 10.1 Å². The molecule has 6 nitrogen and oxygen atoms in total. The van der Waals surface area contributed by atoms with Crippen LogP contribution in [-0.2, 0) is 6.54 Å². The number of aliphatic hydroxyl groups is 1. The Balaban J connectivity index is 2.41. The summed E-state index contributed by atoms with van der Waals surface area (Å²) < 4.78 is 13.6. The summed E-state index contributed by atoms with van der Waals surface area (Å²) in [6.45, 7) is 3.13. The van der Waals surface area contributed by atoms with Crippen molar-refractivity contribution in [1.29, 1.82) is 0 Å². The number of nitrogens with zero attached hydrogens (tertiary/aromatic N) is 2. The lowest BCUT2D eigenvalue weighted by Gasteiger charge is -2.29. The van der Waals surface area contributed by atoms with Gasteiger partial charge in [0.1, 0.15) is 11.4 Å². The molecule has 1 amide bonds. The van der Waals surface area contributed by atoms with Gasteiger partial charge in [0.2, 0.25) is 0 Å². The second-order valence-electron chi connectivity index (χ2n) is 6.38. The van der Waals surface area contributed by atoms with Crippen LogP contribution in [0.25, 0.3) is 0 Å². The van der Waals surface area contributed by atoms with E-state index in [4.69, 9.17) is 0 Å². The predicted molar refractivity (Wildman–Crippen MR) is 90.5 cm³/mol. The van der Waals surface area contributed by atoms with Crippen LogP contribution in [0.2, 0.25) is 0 Å². The highest BCUT2D eigenvalue weighted by Gasteiger charge is 2.29. The molecule has 0 bridgehead atoms. The maximum absolute atomic E-state index is 13.6. The van der Waals surface area contributed by atoms with Gasteiger partial charge < -0.3 is 10.0 Å². The molecule has 1 N–H and O–H groups in total. The van der Waals surface area contributed by atoms with E-state index in [1.54, 1.807) is 24.3 Å². The highest BCUT2D eigenvalue weighted by Crippen LogP contribution is 2.23. The van der Waals surface area contributed by atoms with Crippen molar-refractivity contribution in [2.75, 3.05) is 6.54 Å². The molecular weight excluding hydrogens is 327 g/mol. The zero-order valence-corrected chi connectivity index (χ0v) is 14.0. The van der Waals surface area contributed by atoms with Crippen molar-refractivity contribution in [1.82, 2.24) is 4.90 Å². The van der Waals surface area contributed by atoms with Gasteiger partial charge in [-0.05, 0) is 31.5 Å². The number of carbonyl (C=O) groups excluding carboxylic acids is 1. The summed E-state index contributed by atoms with van der Waals surface area (Å²) in [5.74, 6) is -1.45. The molecule has 25 heavy (non-hydrogen) atoms. The van der Waals surface area contributed by atoms with E-state index in [1.807, 2.05) is 6.07 Å². The zero-order valence-electron chi connectivity index (χ0n) is 14.0. The molecule has 2 aromatic carbocycles. The van der Waals surface area contributed by atoms with Crippen LogP contribution >= 0.6 is 0 Å². The fraction of sp³-hybridized carbons (Fsp3) is 0.278. The van der Waals surface area contributed by atoms with Crippen LogP contribution in [0.5, 0.6) is 0 Å². The Hall–Kier alpha value is -2.80. The van der Waals surface area contributed by atoms with E-state index in [0.717, 1.165) is 23.8 Å². The molecule has 0 saturated heterocycles. The van der Waals surface area contributed by atoms with E-state index in [9.17, 15) is 24.4 Å². The summed E-state index contributed by atoms with van der Waals surface area (Å²) in [6.07, 6.45) is 0. The van der Waals surface area contributed by atoms with Gasteiger partial charge in [0, 0.05) is 19.2 Å². The number of amides is 1. The monoisotopic (exact) mass is 346 g/mol. The minimum Gasteiger partial charge on any atom is -0.389 e. The topological polar surface area (TPSA) is 83.7 Å². The van der Waals surface area contributed by atoms with E-state index in [1.165, 1.54) is 18.7 Å². The quantitative estimate of drug-likeness (QED) is 0.643. The third-order valence-corrected chi connectivity index (χ3v) is 3.47. The first-order valence-electron chi connectivity index (χ1n) is 7.67. The fourth-order valence-corrected chi connectivity index (χ4v) is 2.48. The van der Waals surface area contributed by atoms with E-state index >= 15 is 0 Å². The van der Waals surface area contributed by atoms with Gasteiger partial charge in [0.05, 0.1) is 10.5 Å². The Bertz CT molecular complexity index is 772. The molecule has 2 rings (SSSR count). The maximum atomic E-state index is 13.6. The molecule has 0 unspecified atom stereocenters. The first-order chi connectivity index (χ1) is 11.7. The van der Waals surface area contributed by atoms with Crippen molar-refractivity contribution in [2.45, 2.75) is 26.0 Å². The van der Waals surface area contributed by atoms with Gasteiger partial charge in [-0.25, -0.2) is 4.39 Å². The number of hydrogen-bond donors (Lipinski definition) is 1. The molecular formula is C18H19FN2O4. The predicted octanol–water partition coefficient (Wildman–Crippen LogP) is 3.15. The SMILES string of the molecule is CC(C)(O)CN(Cc1ccccc1)C(=O)c1cc(F)ccc1[N+](=O)[O-]. The van der Waals surface area contributed by atoms with Crippen molar-refractivity contribution < 1.29 is 19.2 Å². The van der Waals surface area contributed by atoms with E-state index in [2.05, 4.69) is 0 Å².